The largest absolute Gasteiger partial charge is 0.366 e. The van der Waals surface area contributed by atoms with Gasteiger partial charge >= 0.3 is 0 Å². The summed E-state index contributed by atoms with van der Waals surface area (Å²) in [7, 11) is 1.67. The molecule has 4 rings (SSSR count). The zero-order chi connectivity index (χ0) is 18.1. The van der Waals surface area contributed by atoms with Crippen LogP contribution in [0.3, 0.4) is 0 Å². The van der Waals surface area contributed by atoms with Crippen molar-refractivity contribution in [2.45, 2.75) is 6.10 Å². The first-order chi connectivity index (χ1) is 12.6. The molecule has 26 heavy (non-hydrogen) atoms. The lowest BCUT2D eigenvalue weighted by atomic mass is 10.2. The first-order valence-corrected chi connectivity index (χ1v) is 8.14. The van der Waals surface area contributed by atoms with Crippen LogP contribution in [0.2, 0.25) is 0 Å². The highest BCUT2D eigenvalue weighted by Crippen LogP contribution is 2.19. The minimum Gasteiger partial charge on any atom is -0.366 e. The van der Waals surface area contributed by atoms with E-state index in [1.807, 2.05) is 18.2 Å². The second-order valence-corrected chi connectivity index (χ2v) is 5.93. The van der Waals surface area contributed by atoms with Gasteiger partial charge in [0.15, 0.2) is 0 Å². The van der Waals surface area contributed by atoms with Crippen LogP contribution in [-0.4, -0.2) is 60.5 Å². The number of nitrogens with zero attached hydrogens (tertiary/aromatic N) is 6. The van der Waals surface area contributed by atoms with Crippen molar-refractivity contribution in [3.63, 3.8) is 0 Å². The maximum Gasteiger partial charge on any atom is 0.272 e. The molecule has 10 heteroatoms. The van der Waals surface area contributed by atoms with Crippen molar-refractivity contribution >= 4 is 5.91 Å². The minimum absolute atomic E-state index is 0.228. The van der Waals surface area contributed by atoms with Gasteiger partial charge in [-0.05, 0) is 17.3 Å². The molecule has 1 saturated heterocycles. The number of benzene rings is 1. The topological polar surface area (TPSA) is 111 Å². The molecule has 1 amide bonds. The number of para-hydroxylation sites is 1. The maximum absolute atomic E-state index is 12.8. The molecular weight excluding hydrogens is 338 g/mol. The van der Waals surface area contributed by atoms with Gasteiger partial charge in [0.05, 0.1) is 25.9 Å². The lowest BCUT2D eigenvalue weighted by Gasteiger charge is -2.31. The highest BCUT2D eigenvalue weighted by molar-refractivity contribution is 5.92. The predicted molar refractivity (Wildman–Crippen MR) is 89.8 cm³/mol. The van der Waals surface area contributed by atoms with Crippen LogP contribution in [0.1, 0.15) is 22.4 Å². The van der Waals surface area contributed by atoms with Gasteiger partial charge < -0.3 is 9.64 Å². The number of aryl methyl sites for hydroxylation is 1. The number of carbonyl (C=O) groups is 1. The van der Waals surface area contributed by atoms with E-state index in [2.05, 4.69) is 20.5 Å². The number of hydrogen-bond donors (Lipinski definition) is 1. The first kappa shape index (κ1) is 16.2. The van der Waals surface area contributed by atoms with E-state index in [1.165, 1.54) is 15.5 Å². The minimum atomic E-state index is -0.440. The second-order valence-electron chi connectivity index (χ2n) is 5.93. The van der Waals surface area contributed by atoms with Crippen LogP contribution in [0.5, 0.6) is 0 Å². The Morgan fingerprint density at radius 2 is 2.12 bits per heavy atom. The SMILES string of the molecule is Cn1nnc(C2CN(C(=O)c3cc(=O)n(-c4ccccc4)[nH]3)CCO2)n1. The summed E-state index contributed by atoms with van der Waals surface area (Å²) in [4.78, 5) is 28.0. The van der Waals surface area contributed by atoms with Crippen LogP contribution in [0, 0.1) is 0 Å². The molecule has 1 aliphatic heterocycles. The zero-order valence-corrected chi connectivity index (χ0v) is 14.1. The van der Waals surface area contributed by atoms with Crippen molar-refractivity contribution in [2.75, 3.05) is 19.7 Å². The summed E-state index contributed by atoms with van der Waals surface area (Å²) in [6.07, 6.45) is -0.440. The summed E-state index contributed by atoms with van der Waals surface area (Å²) < 4.78 is 6.99. The van der Waals surface area contributed by atoms with Gasteiger partial charge in [0.2, 0.25) is 5.82 Å². The Kier molecular flexibility index (Phi) is 4.09. The van der Waals surface area contributed by atoms with Crippen molar-refractivity contribution in [3.8, 4) is 5.69 Å². The van der Waals surface area contributed by atoms with Crippen molar-refractivity contribution in [3.05, 3.63) is 58.3 Å². The average molecular weight is 355 g/mol. The fourth-order valence-corrected chi connectivity index (χ4v) is 2.86. The van der Waals surface area contributed by atoms with Crippen molar-refractivity contribution < 1.29 is 9.53 Å². The molecular formula is C16H17N7O3. The fraction of sp³-hybridized carbons (Fsp3) is 0.312. The number of hydrogen-bond acceptors (Lipinski definition) is 6. The smallest absolute Gasteiger partial charge is 0.272 e. The van der Waals surface area contributed by atoms with E-state index in [9.17, 15) is 9.59 Å². The maximum atomic E-state index is 12.8. The van der Waals surface area contributed by atoms with Gasteiger partial charge in [0.1, 0.15) is 11.8 Å². The number of morpholine rings is 1. The fourth-order valence-electron chi connectivity index (χ4n) is 2.86. The second kappa shape index (κ2) is 6.56. The van der Waals surface area contributed by atoms with E-state index < -0.39 is 6.10 Å². The normalized spacial score (nSPS) is 17.4. The lowest BCUT2D eigenvalue weighted by Crippen LogP contribution is -2.42. The Bertz CT molecular complexity index is 975. The van der Waals surface area contributed by atoms with Crippen LogP contribution >= 0.6 is 0 Å². The molecule has 0 aliphatic carbocycles. The molecule has 0 saturated carbocycles. The van der Waals surface area contributed by atoms with E-state index in [1.54, 1.807) is 24.1 Å². The monoisotopic (exact) mass is 355 g/mol. The molecule has 1 N–H and O–H groups in total. The highest BCUT2D eigenvalue weighted by Gasteiger charge is 2.29. The van der Waals surface area contributed by atoms with Crippen LogP contribution < -0.4 is 5.56 Å². The lowest BCUT2D eigenvalue weighted by molar-refractivity contribution is -0.0271. The number of aromatic amines is 1. The Labute approximate surface area is 148 Å². The number of amides is 1. The summed E-state index contributed by atoms with van der Waals surface area (Å²) in [5.41, 5.74) is 0.603. The molecule has 1 aliphatic rings. The van der Waals surface area contributed by atoms with Gasteiger partial charge in [0, 0.05) is 12.6 Å². The van der Waals surface area contributed by atoms with Gasteiger partial charge in [-0.2, -0.15) is 4.80 Å². The van der Waals surface area contributed by atoms with Gasteiger partial charge in [0.25, 0.3) is 11.5 Å². The van der Waals surface area contributed by atoms with Crippen LogP contribution in [0.25, 0.3) is 5.69 Å². The summed E-state index contributed by atoms with van der Waals surface area (Å²) in [6.45, 7) is 1.08. The number of nitrogens with one attached hydrogen (secondary N) is 1. The van der Waals surface area contributed by atoms with Gasteiger partial charge in [-0.3, -0.25) is 14.7 Å². The third-order valence-electron chi connectivity index (χ3n) is 4.13. The van der Waals surface area contributed by atoms with E-state index in [0.717, 1.165) is 0 Å². The van der Waals surface area contributed by atoms with E-state index in [0.29, 0.717) is 31.2 Å². The van der Waals surface area contributed by atoms with E-state index in [-0.39, 0.29) is 17.2 Å². The molecule has 10 nitrogen and oxygen atoms in total. The number of tetrazole rings is 1. The van der Waals surface area contributed by atoms with Crippen LogP contribution in [-0.2, 0) is 11.8 Å². The van der Waals surface area contributed by atoms with Crippen LogP contribution in [0.15, 0.2) is 41.2 Å². The summed E-state index contributed by atoms with van der Waals surface area (Å²) in [5.74, 6) is 0.161. The Hall–Kier alpha value is -3.27. The third kappa shape index (κ3) is 3.02. The number of ether oxygens (including phenoxy) is 1. The molecule has 3 aromatic rings. The van der Waals surface area contributed by atoms with Crippen LogP contribution in [0.4, 0.5) is 0 Å². The molecule has 0 bridgehead atoms. The first-order valence-electron chi connectivity index (χ1n) is 8.14. The number of H-pyrrole nitrogens is 1. The summed E-state index contributed by atoms with van der Waals surface area (Å²) in [5, 5.41) is 14.7. The predicted octanol–water partition coefficient (Wildman–Crippen LogP) is -0.0972. The molecule has 2 aromatic heterocycles. The summed E-state index contributed by atoms with van der Waals surface area (Å²) in [6, 6.07) is 10.4. The van der Waals surface area contributed by atoms with E-state index >= 15 is 0 Å². The molecule has 134 valence electrons. The van der Waals surface area contributed by atoms with E-state index in [4.69, 9.17) is 4.74 Å². The quantitative estimate of drug-likeness (QED) is 0.702. The van der Waals surface area contributed by atoms with Crippen molar-refractivity contribution in [1.82, 2.24) is 34.9 Å². The van der Waals surface area contributed by atoms with Gasteiger partial charge in [-0.1, -0.05) is 18.2 Å². The molecule has 0 spiro atoms. The number of rotatable bonds is 3. The molecule has 1 aromatic carbocycles. The molecule has 0 radical (unpaired) electrons. The third-order valence-corrected chi connectivity index (χ3v) is 4.13. The molecule has 1 atom stereocenters. The molecule has 1 fully saturated rings. The Morgan fingerprint density at radius 3 is 2.85 bits per heavy atom. The Balaban J connectivity index is 1.55. The molecule has 3 heterocycles. The number of aromatic nitrogens is 6. The Morgan fingerprint density at radius 1 is 1.31 bits per heavy atom. The van der Waals surface area contributed by atoms with Crippen molar-refractivity contribution in [2.24, 2.45) is 7.05 Å². The van der Waals surface area contributed by atoms with Gasteiger partial charge in [-0.15, -0.1) is 10.2 Å². The standard InChI is InChI=1S/C16H17N7O3/c1-21-19-15(17-20-21)13-10-22(7-8-26-13)16(25)12-9-14(24)23(18-12)11-5-3-2-4-6-11/h2-6,9,13,18H,7-8,10H2,1H3. The van der Waals surface area contributed by atoms with Crippen molar-refractivity contribution in [1.29, 1.82) is 0 Å². The number of carbonyl (C=O) groups excluding carboxylic acids is 1. The summed E-state index contributed by atoms with van der Waals surface area (Å²) >= 11 is 0. The molecule has 1 unspecified atom stereocenters. The zero-order valence-electron chi connectivity index (χ0n) is 14.1. The highest BCUT2D eigenvalue weighted by atomic mass is 16.5. The van der Waals surface area contributed by atoms with Gasteiger partial charge in [-0.25, -0.2) is 4.68 Å². The average Bonchev–Trinajstić information content (AvgIpc) is 3.28.